The number of benzene rings is 1. The molecule has 0 saturated carbocycles. The number of hydrogen-bond donors (Lipinski definition) is 3. The molecule has 0 aromatic heterocycles. The Balaban J connectivity index is 2.85. The monoisotopic (exact) mass is 659 g/mol. The van der Waals surface area contributed by atoms with E-state index in [1.165, 1.54) is 13.2 Å². The maximum absolute atomic E-state index is 13.5. The molecule has 256 valence electrons. The summed E-state index contributed by atoms with van der Waals surface area (Å²) >= 11 is 0. The van der Waals surface area contributed by atoms with Crippen LogP contribution in [0.1, 0.15) is 57.9 Å². The molecule has 2 amide bonds. The second-order valence-electron chi connectivity index (χ2n) is 12.2. The number of carbonyl (C=O) groups is 4. The molecule has 0 bridgehead atoms. The quantitative estimate of drug-likeness (QED) is 0.0590. The molecule has 0 fully saturated rings. The Labute approximate surface area is 274 Å². The molecule has 1 aromatic rings. The van der Waals surface area contributed by atoms with E-state index in [4.69, 9.17) is 14.2 Å². The SMILES string of the molecule is CC#CCOc1ccc(C[C@H](NC(=O)[C@@H](/C=C/CCCCCNC(=O)OCC[Si](C)(C)C)[C@@](O)(CCC)C(=O)[O-])C(=O)OC)cc1. The number of allylic oxidation sites excluding steroid dienone is 1. The van der Waals surface area contributed by atoms with Gasteiger partial charge in [0.05, 0.1) is 25.6 Å². The maximum atomic E-state index is 13.5. The van der Waals surface area contributed by atoms with Gasteiger partial charge in [-0.05, 0) is 56.3 Å². The first-order valence-corrected chi connectivity index (χ1v) is 19.5. The van der Waals surface area contributed by atoms with E-state index < -0.39 is 49.6 Å². The summed E-state index contributed by atoms with van der Waals surface area (Å²) in [6.45, 7) is 11.1. The lowest BCUT2D eigenvalue weighted by Crippen LogP contribution is -2.58. The van der Waals surface area contributed by atoms with Crippen molar-refractivity contribution >= 4 is 32.0 Å². The molecule has 0 aliphatic carbocycles. The molecule has 0 aliphatic heterocycles. The fraction of sp³-hybridized carbons (Fsp3) is 0.588. The molecule has 3 N–H and O–H groups in total. The highest BCUT2D eigenvalue weighted by atomic mass is 28.3. The molecule has 0 radical (unpaired) electrons. The zero-order valence-electron chi connectivity index (χ0n) is 28.1. The first-order valence-electron chi connectivity index (χ1n) is 15.8. The molecule has 0 heterocycles. The van der Waals surface area contributed by atoms with Crippen molar-refractivity contribution in [3.63, 3.8) is 0 Å². The van der Waals surface area contributed by atoms with Crippen LogP contribution in [0.2, 0.25) is 25.7 Å². The first kappa shape index (κ1) is 40.2. The Morgan fingerprint density at radius 1 is 1.11 bits per heavy atom. The van der Waals surface area contributed by atoms with E-state index in [0.29, 0.717) is 43.7 Å². The summed E-state index contributed by atoms with van der Waals surface area (Å²) in [5.41, 5.74) is -1.80. The van der Waals surface area contributed by atoms with Crippen molar-refractivity contribution < 1.29 is 43.6 Å². The smallest absolute Gasteiger partial charge is 0.407 e. The number of carboxylic acids is 1. The number of alkyl carbamates (subject to hydrolysis) is 1. The summed E-state index contributed by atoms with van der Waals surface area (Å²) in [5.74, 6) is 1.25. The van der Waals surface area contributed by atoms with Gasteiger partial charge in [0.2, 0.25) is 5.91 Å². The minimum Gasteiger partial charge on any atom is -0.547 e. The molecular formula is C34H51N2O9Si-. The predicted octanol–water partition coefficient (Wildman–Crippen LogP) is 3.37. The average molecular weight is 660 g/mol. The highest BCUT2D eigenvalue weighted by Gasteiger charge is 2.41. The van der Waals surface area contributed by atoms with Crippen LogP contribution >= 0.6 is 0 Å². The molecule has 3 atom stereocenters. The number of aliphatic carboxylic acids is 1. The van der Waals surface area contributed by atoms with Crippen molar-refractivity contribution in [2.45, 2.75) is 96.1 Å². The minimum absolute atomic E-state index is 0.0569. The number of aliphatic hydroxyl groups is 1. The Kier molecular flexibility index (Phi) is 18.4. The van der Waals surface area contributed by atoms with Gasteiger partial charge < -0.3 is 39.9 Å². The number of unbranched alkanes of at least 4 members (excludes halogenated alkanes) is 3. The third-order valence-corrected chi connectivity index (χ3v) is 8.87. The van der Waals surface area contributed by atoms with Gasteiger partial charge in [0.25, 0.3) is 0 Å². The highest BCUT2D eigenvalue weighted by molar-refractivity contribution is 6.76. The second-order valence-corrected chi connectivity index (χ2v) is 17.9. The number of esters is 1. The van der Waals surface area contributed by atoms with Crippen molar-refractivity contribution in [1.82, 2.24) is 10.6 Å². The van der Waals surface area contributed by atoms with Crippen molar-refractivity contribution in [1.29, 1.82) is 0 Å². The number of nitrogens with one attached hydrogen (secondary N) is 2. The van der Waals surface area contributed by atoms with Gasteiger partial charge in [-0.15, -0.1) is 5.92 Å². The van der Waals surface area contributed by atoms with Crippen LogP contribution in [0.15, 0.2) is 36.4 Å². The third-order valence-electron chi connectivity index (χ3n) is 7.17. The number of amides is 2. The molecule has 1 aromatic carbocycles. The number of hydrogen-bond acceptors (Lipinski definition) is 9. The van der Waals surface area contributed by atoms with Crippen molar-refractivity contribution in [3.05, 3.63) is 42.0 Å². The summed E-state index contributed by atoms with van der Waals surface area (Å²) in [7, 11) is -0.0863. The van der Waals surface area contributed by atoms with Gasteiger partial charge in [-0.2, -0.15) is 0 Å². The van der Waals surface area contributed by atoms with Gasteiger partial charge in [0.1, 0.15) is 24.0 Å². The van der Waals surface area contributed by atoms with Gasteiger partial charge in [-0.3, -0.25) is 4.79 Å². The number of carbonyl (C=O) groups excluding carboxylic acids is 4. The lowest BCUT2D eigenvalue weighted by molar-refractivity contribution is -0.327. The van der Waals surface area contributed by atoms with Gasteiger partial charge in [0.15, 0.2) is 0 Å². The molecule has 12 heteroatoms. The Morgan fingerprint density at radius 3 is 2.39 bits per heavy atom. The van der Waals surface area contributed by atoms with E-state index in [2.05, 4.69) is 42.1 Å². The average Bonchev–Trinajstić information content (AvgIpc) is 2.99. The van der Waals surface area contributed by atoms with Crippen LogP contribution < -0.4 is 20.5 Å². The number of carboxylic acid groups (broad SMARTS) is 1. The lowest BCUT2D eigenvalue weighted by atomic mass is 9.82. The second kappa shape index (κ2) is 21.1. The largest absolute Gasteiger partial charge is 0.547 e. The minimum atomic E-state index is -2.49. The molecular weight excluding hydrogens is 608 g/mol. The standard InChI is InChI=1S/C34H52N2O9Si/c1-7-9-22-44-27-18-16-26(17-19-27)25-29(31(38)43-3)36-30(37)28(34(42,20-8-2)32(39)40)15-13-11-10-12-14-21-35-33(41)45-23-24-46(4,5)6/h13,15-19,28-29,42H,8,10-12,14,20-25H2,1-6H3,(H,35,41)(H,36,37)(H,39,40)/p-1/b15-13+/t28-,29+,34+/m1/s1. The number of ether oxygens (including phenoxy) is 3. The molecule has 0 unspecified atom stereocenters. The molecule has 0 saturated heterocycles. The Bertz CT molecular complexity index is 1200. The van der Waals surface area contributed by atoms with Crippen LogP contribution in [0, 0.1) is 17.8 Å². The third kappa shape index (κ3) is 15.4. The normalized spacial score (nSPS) is 13.8. The molecule has 1 rings (SSSR count). The molecule has 0 spiro atoms. The van der Waals surface area contributed by atoms with Crippen molar-refractivity contribution in [2.75, 3.05) is 26.9 Å². The van der Waals surface area contributed by atoms with E-state index >= 15 is 0 Å². The van der Waals surface area contributed by atoms with E-state index in [9.17, 15) is 29.4 Å². The van der Waals surface area contributed by atoms with Crippen LogP contribution in [0.3, 0.4) is 0 Å². The van der Waals surface area contributed by atoms with Crippen LogP contribution in [0.5, 0.6) is 5.75 Å². The van der Waals surface area contributed by atoms with Crippen LogP contribution in [0.25, 0.3) is 0 Å². The molecule has 0 aliphatic rings. The lowest BCUT2D eigenvalue weighted by Gasteiger charge is -2.35. The summed E-state index contributed by atoms with van der Waals surface area (Å²) in [4.78, 5) is 50.0. The zero-order valence-corrected chi connectivity index (χ0v) is 29.1. The van der Waals surface area contributed by atoms with Crippen LogP contribution in [0.4, 0.5) is 4.79 Å². The Morgan fingerprint density at radius 2 is 1.80 bits per heavy atom. The van der Waals surface area contributed by atoms with E-state index in [0.717, 1.165) is 12.5 Å². The Hall–Kier alpha value is -3.82. The van der Waals surface area contributed by atoms with Crippen molar-refractivity contribution in [3.8, 4) is 17.6 Å². The van der Waals surface area contributed by atoms with E-state index in [1.54, 1.807) is 44.2 Å². The summed E-state index contributed by atoms with van der Waals surface area (Å²) < 4.78 is 15.6. The van der Waals surface area contributed by atoms with Crippen LogP contribution in [-0.4, -0.2) is 75.6 Å². The van der Waals surface area contributed by atoms with Gasteiger partial charge >= 0.3 is 12.1 Å². The molecule has 11 nitrogen and oxygen atoms in total. The van der Waals surface area contributed by atoms with E-state index in [1.807, 2.05) is 0 Å². The highest BCUT2D eigenvalue weighted by Crippen LogP contribution is 2.26. The maximum Gasteiger partial charge on any atom is 0.407 e. The predicted molar refractivity (Wildman–Crippen MR) is 177 cm³/mol. The van der Waals surface area contributed by atoms with Gasteiger partial charge in [0, 0.05) is 21.0 Å². The van der Waals surface area contributed by atoms with E-state index in [-0.39, 0.29) is 25.9 Å². The van der Waals surface area contributed by atoms with Crippen molar-refractivity contribution in [2.24, 2.45) is 5.92 Å². The summed E-state index contributed by atoms with van der Waals surface area (Å²) in [6.07, 6.45) is 5.33. The number of rotatable bonds is 21. The van der Waals surface area contributed by atoms with Gasteiger partial charge in [-0.25, -0.2) is 9.59 Å². The summed E-state index contributed by atoms with van der Waals surface area (Å²) in [5, 5.41) is 28.5. The summed E-state index contributed by atoms with van der Waals surface area (Å²) in [6, 6.07) is 6.64. The fourth-order valence-corrected chi connectivity index (χ4v) is 5.18. The number of methoxy groups -OCH3 is 1. The van der Waals surface area contributed by atoms with Gasteiger partial charge in [-0.1, -0.05) is 69.6 Å². The zero-order chi connectivity index (χ0) is 34.6. The van der Waals surface area contributed by atoms with Crippen LogP contribution in [-0.2, 0) is 30.3 Å². The fourth-order valence-electron chi connectivity index (χ4n) is 4.46. The first-order chi connectivity index (χ1) is 21.8. The topological polar surface area (TPSA) is 163 Å². The molecule has 46 heavy (non-hydrogen) atoms.